The summed E-state index contributed by atoms with van der Waals surface area (Å²) in [6.07, 6.45) is 1.82. The van der Waals surface area contributed by atoms with Crippen LogP contribution in [0.2, 0.25) is 0 Å². The molecule has 0 aliphatic rings. The summed E-state index contributed by atoms with van der Waals surface area (Å²) in [6, 6.07) is 20.1. The lowest BCUT2D eigenvalue weighted by molar-refractivity contribution is -0.143. The lowest BCUT2D eigenvalue weighted by atomic mass is 10.0. The maximum Gasteiger partial charge on any atom is 0.307 e. The maximum atomic E-state index is 13.0. The molecule has 0 spiro atoms. The second-order valence-electron chi connectivity index (χ2n) is 6.17. The van der Waals surface area contributed by atoms with Crippen molar-refractivity contribution in [3.8, 4) is 16.8 Å². The normalized spacial score (nSPS) is 11.8. The van der Waals surface area contributed by atoms with Crippen LogP contribution in [0.25, 0.3) is 16.8 Å². The SMILES string of the molecule is CCOC(=O)C[C@H](N)c1cccc(-n2cccc(-c3ccccc3)c2=O)c1. The minimum Gasteiger partial charge on any atom is -0.466 e. The second-order valence-corrected chi connectivity index (χ2v) is 6.17. The third-order valence-electron chi connectivity index (χ3n) is 4.30. The number of hydrogen-bond donors (Lipinski definition) is 1. The first-order valence-corrected chi connectivity index (χ1v) is 8.88. The van der Waals surface area contributed by atoms with E-state index in [9.17, 15) is 9.59 Å². The third kappa shape index (κ3) is 4.33. The highest BCUT2D eigenvalue weighted by molar-refractivity contribution is 5.70. The molecule has 27 heavy (non-hydrogen) atoms. The molecule has 0 fully saturated rings. The molecule has 5 nitrogen and oxygen atoms in total. The van der Waals surface area contributed by atoms with E-state index in [4.69, 9.17) is 10.5 Å². The smallest absolute Gasteiger partial charge is 0.307 e. The largest absolute Gasteiger partial charge is 0.466 e. The number of nitrogens with two attached hydrogens (primary N) is 1. The van der Waals surface area contributed by atoms with Crippen LogP contribution in [0.5, 0.6) is 0 Å². The highest BCUT2D eigenvalue weighted by atomic mass is 16.5. The predicted molar refractivity (Wildman–Crippen MR) is 106 cm³/mol. The highest BCUT2D eigenvalue weighted by Gasteiger charge is 2.14. The van der Waals surface area contributed by atoms with E-state index in [1.807, 2.05) is 66.7 Å². The van der Waals surface area contributed by atoms with Gasteiger partial charge in [0.05, 0.1) is 13.0 Å². The molecule has 0 amide bonds. The van der Waals surface area contributed by atoms with Gasteiger partial charge in [0.25, 0.3) is 5.56 Å². The average Bonchev–Trinajstić information content (AvgIpc) is 2.69. The number of pyridine rings is 1. The first-order chi connectivity index (χ1) is 13.1. The Morgan fingerprint density at radius 2 is 1.85 bits per heavy atom. The molecular weight excluding hydrogens is 340 g/mol. The van der Waals surface area contributed by atoms with Gasteiger partial charge in [-0.25, -0.2) is 0 Å². The van der Waals surface area contributed by atoms with E-state index in [0.29, 0.717) is 17.9 Å². The summed E-state index contributed by atoms with van der Waals surface area (Å²) in [5.74, 6) is -0.335. The van der Waals surface area contributed by atoms with Crippen molar-refractivity contribution >= 4 is 5.97 Å². The monoisotopic (exact) mass is 362 g/mol. The van der Waals surface area contributed by atoms with Gasteiger partial charge < -0.3 is 10.5 Å². The average molecular weight is 362 g/mol. The highest BCUT2D eigenvalue weighted by Crippen LogP contribution is 2.19. The van der Waals surface area contributed by atoms with Crippen LogP contribution in [0.4, 0.5) is 0 Å². The standard InChI is InChI=1S/C22H22N2O3/c1-2-27-21(25)15-20(23)17-10-6-11-18(14-17)24-13-7-12-19(22(24)26)16-8-4-3-5-9-16/h3-14,20H,2,15,23H2,1H3/t20-/m0/s1. The minimum atomic E-state index is -0.489. The molecule has 0 aliphatic heterocycles. The Kier molecular flexibility index (Phi) is 5.84. The van der Waals surface area contributed by atoms with Crippen molar-refractivity contribution in [3.63, 3.8) is 0 Å². The van der Waals surface area contributed by atoms with E-state index in [2.05, 4.69) is 0 Å². The number of hydrogen-bond acceptors (Lipinski definition) is 4. The van der Waals surface area contributed by atoms with Gasteiger partial charge in [0.1, 0.15) is 0 Å². The van der Waals surface area contributed by atoms with Crippen molar-refractivity contribution in [1.29, 1.82) is 0 Å². The zero-order valence-electron chi connectivity index (χ0n) is 15.2. The van der Waals surface area contributed by atoms with Crippen LogP contribution in [-0.4, -0.2) is 17.1 Å². The summed E-state index contributed by atoms with van der Waals surface area (Å²) >= 11 is 0. The minimum absolute atomic E-state index is 0.0935. The molecule has 0 bridgehead atoms. The fraction of sp³-hybridized carbons (Fsp3) is 0.182. The number of carbonyl (C=O) groups excluding carboxylic acids is 1. The quantitative estimate of drug-likeness (QED) is 0.682. The molecule has 3 aromatic rings. The van der Waals surface area contributed by atoms with Gasteiger partial charge in [-0.3, -0.25) is 14.2 Å². The molecule has 2 N–H and O–H groups in total. The Morgan fingerprint density at radius 1 is 1.07 bits per heavy atom. The van der Waals surface area contributed by atoms with E-state index in [0.717, 1.165) is 11.1 Å². The van der Waals surface area contributed by atoms with Crippen molar-refractivity contribution in [2.24, 2.45) is 5.73 Å². The van der Waals surface area contributed by atoms with Crippen molar-refractivity contribution in [2.45, 2.75) is 19.4 Å². The van der Waals surface area contributed by atoms with Gasteiger partial charge in [-0.2, -0.15) is 0 Å². The molecule has 0 radical (unpaired) electrons. The zero-order chi connectivity index (χ0) is 19.2. The summed E-state index contributed by atoms with van der Waals surface area (Å²) in [7, 11) is 0. The van der Waals surface area contributed by atoms with Crippen molar-refractivity contribution in [3.05, 3.63) is 88.8 Å². The van der Waals surface area contributed by atoms with Crippen molar-refractivity contribution < 1.29 is 9.53 Å². The lowest BCUT2D eigenvalue weighted by Gasteiger charge is -2.14. The first kappa shape index (κ1) is 18.6. The number of aromatic nitrogens is 1. The summed E-state index contributed by atoms with van der Waals surface area (Å²) < 4.78 is 6.54. The number of benzene rings is 2. The van der Waals surface area contributed by atoms with Gasteiger partial charge in [0.15, 0.2) is 0 Å². The second kappa shape index (κ2) is 8.47. The number of nitrogens with zero attached hydrogens (tertiary/aromatic N) is 1. The van der Waals surface area contributed by atoms with E-state index < -0.39 is 6.04 Å². The topological polar surface area (TPSA) is 74.3 Å². The molecule has 2 aromatic carbocycles. The summed E-state index contributed by atoms with van der Waals surface area (Å²) in [5.41, 5.74) is 9.00. The van der Waals surface area contributed by atoms with Crippen molar-refractivity contribution in [1.82, 2.24) is 4.57 Å². The van der Waals surface area contributed by atoms with E-state index in [1.165, 1.54) is 0 Å². The summed E-state index contributed by atoms with van der Waals surface area (Å²) in [4.78, 5) is 24.7. The van der Waals surface area contributed by atoms with Gasteiger partial charge >= 0.3 is 5.97 Å². The van der Waals surface area contributed by atoms with Gasteiger partial charge in [-0.15, -0.1) is 0 Å². The van der Waals surface area contributed by atoms with Crippen LogP contribution >= 0.6 is 0 Å². The first-order valence-electron chi connectivity index (χ1n) is 8.88. The summed E-state index contributed by atoms with van der Waals surface area (Å²) in [5, 5.41) is 0. The fourth-order valence-electron chi connectivity index (χ4n) is 2.96. The van der Waals surface area contributed by atoms with Gasteiger partial charge in [0.2, 0.25) is 0 Å². The Balaban J connectivity index is 1.94. The molecular formula is C22H22N2O3. The molecule has 1 aromatic heterocycles. The predicted octanol–water partition coefficient (Wildman–Crippen LogP) is 3.46. The molecule has 3 rings (SSSR count). The Bertz CT molecular complexity index is 980. The summed E-state index contributed by atoms with van der Waals surface area (Å²) in [6.45, 7) is 2.09. The molecule has 5 heteroatoms. The molecule has 1 heterocycles. The maximum absolute atomic E-state index is 13.0. The Hall–Kier alpha value is -3.18. The Labute approximate surface area is 158 Å². The van der Waals surface area contributed by atoms with Gasteiger partial charge in [-0.1, -0.05) is 42.5 Å². The van der Waals surface area contributed by atoms with Crippen LogP contribution in [-0.2, 0) is 9.53 Å². The Morgan fingerprint density at radius 3 is 2.59 bits per heavy atom. The molecule has 0 aliphatic carbocycles. The van der Waals surface area contributed by atoms with Crippen LogP contribution < -0.4 is 11.3 Å². The number of esters is 1. The van der Waals surface area contributed by atoms with E-state index in [1.54, 1.807) is 17.7 Å². The number of rotatable bonds is 6. The molecule has 138 valence electrons. The third-order valence-corrected chi connectivity index (χ3v) is 4.30. The fourth-order valence-corrected chi connectivity index (χ4v) is 2.96. The van der Waals surface area contributed by atoms with Crippen LogP contribution in [0, 0.1) is 0 Å². The van der Waals surface area contributed by atoms with Crippen LogP contribution in [0.3, 0.4) is 0 Å². The number of ether oxygens (including phenoxy) is 1. The lowest BCUT2D eigenvalue weighted by Crippen LogP contribution is -2.20. The molecule has 0 saturated heterocycles. The van der Waals surface area contributed by atoms with E-state index in [-0.39, 0.29) is 17.9 Å². The number of carbonyl (C=O) groups is 1. The van der Waals surface area contributed by atoms with Crippen molar-refractivity contribution in [2.75, 3.05) is 6.61 Å². The van der Waals surface area contributed by atoms with Gasteiger partial charge in [-0.05, 0) is 42.3 Å². The molecule has 0 unspecified atom stereocenters. The van der Waals surface area contributed by atoms with Gasteiger partial charge in [0, 0.05) is 23.5 Å². The molecule has 1 atom stereocenters. The molecule has 0 saturated carbocycles. The van der Waals surface area contributed by atoms with Crippen LogP contribution in [0.15, 0.2) is 77.7 Å². The van der Waals surface area contributed by atoms with Crippen LogP contribution in [0.1, 0.15) is 24.9 Å². The van der Waals surface area contributed by atoms with E-state index >= 15 is 0 Å². The zero-order valence-corrected chi connectivity index (χ0v) is 15.2.